The van der Waals surface area contributed by atoms with Crippen LogP contribution in [0.15, 0.2) is 36.4 Å². The summed E-state index contributed by atoms with van der Waals surface area (Å²) in [5, 5.41) is 0. The molecule has 3 rings (SSSR count). The summed E-state index contributed by atoms with van der Waals surface area (Å²) in [5.74, 6) is -0.193. The predicted octanol–water partition coefficient (Wildman–Crippen LogP) is 3.62. The van der Waals surface area contributed by atoms with E-state index in [4.69, 9.17) is 14.2 Å². The third-order valence-corrected chi connectivity index (χ3v) is 4.67. The van der Waals surface area contributed by atoms with Gasteiger partial charge in [-0.05, 0) is 55.5 Å². The molecule has 0 amide bonds. The predicted molar refractivity (Wildman–Crippen MR) is 97.2 cm³/mol. The quantitative estimate of drug-likeness (QED) is 0.586. The van der Waals surface area contributed by atoms with Gasteiger partial charge in [-0.1, -0.05) is 18.2 Å². The van der Waals surface area contributed by atoms with Crippen LogP contribution in [-0.4, -0.2) is 32.1 Å². The van der Waals surface area contributed by atoms with E-state index in [1.807, 2.05) is 12.1 Å². The Hall–Kier alpha value is -2.82. The maximum atomic E-state index is 12.7. The molecule has 0 N–H and O–H groups in total. The fourth-order valence-electron chi connectivity index (χ4n) is 3.29. The second-order valence-electron chi connectivity index (χ2n) is 6.29. The van der Waals surface area contributed by atoms with Gasteiger partial charge in [-0.15, -0.1) is 0 Å². The first-order chi connectivity index (χ1) is 12.5. The molecule has 5 heteroatoms. The van der Waals surface area contributed by atoms with Gasteiger partial charge in [-0.3, -0.25) is 4.79 Å². The molecular formula is C21H22O5. The number of ether oxygens (including phenoxy) is 3. The zero-order chi connectivity index (χ0) is 18.7. The first-order valence-electron chi connectivity index (χ1n) is 8.63. The minimum atomic E-state index is -0.906. The fraction of sp³-hybridized carbons (Fsp3) is 0.333. The Labute approximate surface area is 152 Å². The van der Waals surface area contributed by atoms with E-state index in [9.17, 15) is 9.59 Å². The molecule has 2 aromatic rings. The van der Waals surface area contributed by atoms with Crippen molar-refractivity contribution < 1.29 is 23.8 Å². The van der Waals surface area contributed by atoms with Gasteiger partial charge in [0, 0.05) is 5.56 Å². The second-order valence-corrected chi connectivity index (χ2v) is 6.29. The van der Waals surface area contributed by atoms with Crippen molar-refractivity contribution in [3.8, 4) is 11.5 Å². The smallest absolute Gasteiger partial charge is 0.346 e. The van der Waals surface area contributed by atoms with Crippen LogP contribution in [0.1, 0.15) is 45.2 Å². The normalized spacial score (nSPS) is 13.7. The number of hydrogen-bond acceptors (Lipinski definition) is 5. The highest BCUT2D eigenvalue weighted by Gasteiger charge is 2.26. The van der Waals surface area contributed by atoms with Crippen LogP contribution in [0.3, 0.4) is 0 Å². The highest BCUT2D eigenvalue weighted by Crippen LogP contribution is 2.29. The molecule has 0 unspecified atom stereocenters. The van der Waals surface area contributed by atoms with Gasteiger partial charge in [0.2, 0.25) is 5.78 Å². The van der Waals surface area contributed by atoms with Crippen LogP contribution in [-0.2, 0) is 17.6 Å². The minimum Gasteiger partial charge on any atom is -0.496 e. The Balaban J connectivity index is 1.78. The molecule has 5 nitrogen and oxygen atoms in total. The average Bonchev–Trinajstić information content (AvgIpc) is 3.14. The summed E-state index contributed by atoms with van der Waals surface area (Å²) in [6.07, 6.45) is 2.26. The lowest BCUT2D eigenvalue weighted by Crippen LogP contribution is -2.25. The first kappa shape index (κ1) is 18.0. The van der Waals surface area contributed by atoms with E-state index >= 15 is 0 Å². The van der Waals surface area contributed by atoms with Gasteiger partial charge in [0.1, 0.15) is 17.1 Å². The number of rotatable bonds is 6. The zero-order valence-electron chi connectivity index (χ0n) is 15.2. The van der Waals surface area contributed by atoms with E-state index < -0.39 is 12.1 Å². The summed E-state index contributed by atoms with van der Waals surface area (Å²) in [6.45, 7) is 1.58. The molecule has 1 aliphatic rings. The Morgan fingerprint density at radius 2 is 1.62 bits per heavy atom. The molecule has 26 heavy (non-hydrogen) atoms. The van der Waals surface area contributed by atoms with Crippen molar-refractivity contribution in [2.24, 2.45) is 0 Å². The Bertz CT molecular complexity index is 818. The number of fused-ring (bicyclic) bond motifs is 1. The summed E-state index contributed by atoms with van der Waals surface area (Å²) in [6, 6.07) is 10.7. The van der Waals surface area contributed by atoms with Crippen molar-refractivity contribution >= 4 is 11.8 Å². The summed E-state index contributed by atoms with van der Waals surface area (Å²) in [5.41, 5.74) is 3.25. The lowest BCUT2D eigenvalue weighted by atomic mass is 10.0. The van der Waals surface area contributed by atoms with E-state index in [1.54, 1.807) is 31.2 Å². The molecule has 0 bridgehead atoms. The number of hydrogen-bond donors (Lipinski definition) is 0. The molecule has 0 aromatic heterocycles. The van der Waals surface area contributed by atoms with Crippen LogP contribution >= 0.6 is 0 Å². The van der Waals surface area contributed by atoms with Crippen LogP contribution in [0.5, 0.6) is 11.5 Å². The molecule has 0 spiro atoms. The van der Waals surface area contributed by atoms with Gasteiger partial charge in [0.15, 0.2) is 6.10 Å². The number of benzene rings is 2. The zero-order valence-corrected chi connectivity index (χ0v) is 15.2. The molecule has 0 heterocycles. The highest BCUT2D eigenvalue weighted by atomic mass is 16.6. The Morgan fingerprint density at radius 3 is 2.27 bits per heavy atom. The van der Waals surface area contributed by atoms with E-state index in [0.717, 1.165) is 19.3 Å². The minimum absolute atomic E-state index is 0.172. The van der Waals surface area contributed by atoms with Crippen LogP contribution < -0.4 is 9.47 Å². The van der Waals surface area contributed by atoms with Crippen molar-refractivity contribution in [2.45, 2.75) is 32.3 Å². The molecule has 0 saturated heterocycles. The number of Topliss-reactive ketones (excluding diaryl/α,β-unsaturated/α-hetero) is 1. The number of esters is 1. The lowest BCUT2D eigenvalue weighted by Gasteiger charge is -2.16. The molecular weight excluding hydrogens is 332 g/mol. The van der Waals surface area contributed by atoms with Crippen LogP contribution in [0.4, 0.5) is 0 Å². The standard InChI is InChI=1S/C21H22O5/c1-13(20(22)16-11-10-14-6-4-7-15(14)12-16)26-21(23)19-17(24-2)8-5-9-18(19)25-3/h5,8-13H,4,6-7H2,1-3H3/t13-/m1/s1. The number of methoxy groups -OCH3 is 2. The van der Waals surface area contributed by atoms with Gasteiger partial charge < -0.3 is 14.2 Å². The first-order valence-corrected chi connectivity index (χ1v) is 8.63. The second kappa shape index (κ2) is 7.60. The van der Waals surface area contributed by atoms with Gasteiger partial charge in [0.05, 0.1) is 14.2 Å². The molecule has 136 valence electrons. The molecule has 0 radical (unpaired) electrons. The molecule has 0 aliphatic heterocycles. The average molecular weight is 354 g/mol. The molecule has 0 fully saturated rings. The van der Waals surface area contributed by atoms with Gasteiger partial charge in [-0.25, -0.2) is 4.79 Å². The Kier molecular flexibility index (Phi) is 5.26. The molecule has 1 atom stereocenters. The van der Waals surface area contributed by atoms with Crippen molar-refractivity contribution in [3.63, 3.8) is 0 Å². The monoisotopic (exact) mass is 354 g/mol. The number of carbonyl (C=O) groups is 2. The summed E-state index contributed by atoms with van der Waals surface area (Å²) < 4.78 is 15.8. The van der Waals surface area contributed by atoms with Gasteiger partial charge in [-0.2, -0.15) is 0 Å². The SMILES string of the molecule is COc1cccc(OC)c1C(=O)O[C@H](C)C(=O)c1ccc2c(c1)CCC2. The lowest BCUT2D eigenvalue weighted by molar-refractivity contribution is 0.0312. The summed E-state index contributed by atoms with van der Waals surface area (Å²) >= 11 is 0. The van der Waals surface area contributed by atoms with E-state index in [2.05, 4.69) is 0 Å². The summed E-state index contributed by atoms with van der Waals surface area (Å²) in [7, 11) is 2.93. The highest BCUT2D eigenvalue weighted by molar-refractivity contribution is 6.02. The van der Waals surface area contributed by atoms with E-state index in [1.165, 1.54) is 25.3 Å². The largest absolute Gasteiger partial charge is 0.496 e. The molecule has 2 aromatic carbocycles. The van der Waals surface area contributed by atoms with Crippen molar-refractivity contribution in [3.05, 3.63) is 58.7 Å². The number of ketones is 1. The van der Waals surface area contributed by atoms with Crippen molar-refractivity contribution in [1.82, 2.24) is 0 Å². The van der Waals surface area contributed by atoms with Crippen molar-refractivity contribution in [2.75, 3.05) is 14.2 Å². The third-order valence-electron chi connectivity index (χ3n) is 4.67. The topological polar surface area (TPSA) is 61.8 Å². The Morgan fingerprint density at radius 1 is 0.962 bits per heavy atom. The molecule has 1 aliphatic carbocycles. The van der Waals surface area contributed by atoms with Crippen LogP contribution in [0, 0.1) is 0 Å². The van der Waals surface area contributed by atoms with Gasteiger partial charge in [0.25, 0.3) is 0 Å². The van der Waals surface area contributed by atoms with Crippen LogP contribution in [0.2, 0.25) is 0 Å². The fourth-order valence-corrected chi connectivity index (χ4v) is 3.29. The van der Waals surface area contributed by atoms with E-state index in [0.29, 0.717) is 17.1 Å². The summed E-state index contributed by atoms with van der Waals surface area (Å²) in [4.78, 5) is 25.3. The molecule has 0 saturated carbocycles. The van der Waals surface area contributed by atoms with E-state index in [-0.39, 0.29) is 11.3 Å². The maximum Gasteiger partial charge on any atom is 0.346 e. The van der Waals surface area contributed by atoms with Crippen LogP contribution in [0.25, 0.3) is 0 Å². The number of carbonyl (C=O) groups excluding carboxylic acids is 2. The maximum absolute atomic E-state index is 12.7. The van der Waals surface area contributed by atoms with Crippen molar-refractivity contribution in [1.29, 1.82) is 0 Å². The number of aryl methyl sites for hydroxylation is 2. The van der Waals surface area contributed by atoms with Gasteiger partial charge >= 0.3 is 5.97 Å². The third kappa shape index (κ3) is 3.43.